The molecule has 0 aliphatic carbocycles. The van der Waals surface area contributed by atoms with E-state index in [0.717, 1.165) is 37.2 Å². The highest BCUT2D eigenvalue weighted by molar-refractivity contribution is 5.75. The first-order valence-electron chi connectivity index (χ1n) is 5.50. The van der Waals surface area contributed by atoms with Crippen LogP contribution >= 0.6 is 0 Å². The van der Waals surface area contributed by atoms with Gasteiger partial charge >= 0.3 is 0 Å². The van der Waals surface area contributed by atoms with Gasteiger partial charge in [0.2, 0.25) is 0 Å². The van der Waals surface area contributed by atoms with Gasteiger partial charge in [-0.15, -0.1) is 6.58 Å². The van der Waals surface area contributed by atoms with E-state index < -0.39 is 0 Å². The molecule has 3 nitrogen and oxygen atoms in total. The number of carbonyl (C=O) groups is 1. The van der Waals surface area contributed by atoms with Gasteiger partial charge in [0.1, 0.15) is 5.82 Å². The first-order valence-corrected chi connectivity index (χ1v) is 5.50. The number of aldehydes is 1. The molecule has 0 atom stereocenters. The van der Waals surface area contributed by atoms with Crippen molar-refractivity contribution in [2.45, 2.75) is 20.3 Å². The molecule has 0 aliphatic rings. The highest BCUT2D eigenvalue weighted by Crippen LogP contribution is 2.17. The summed E-state index contributed by atoms with van der Waals surface area (Å²) in [5.41, 5.74) is 1.65. The Hall–Kier alpha value is -1.64. The molecule has 1 aromatic heterocycles. The van der Waals surface area contributed by atoms with E-state index in [1.165, 1.54) is 0 Å². The fourth-order valence-corrected chi connectivity index (χ4v) is 1.69. The van der Waals surface area contributed by atoms with Crippen LogP contribution in [0.5, 0.6) is 0 Å². The van der Waals surface area contributed by atoms with Gasteiger partial charge in [-0.05, 0) is 25.0 Å². The van der Waals surface area contributed by atoms with Gasteiger partial charge in [-0.2, -0.15) is 0 Å². The number of nitrogens with zero attached hydrogens (tertiary/aromatic N) is 2. The first-order chi connectivity index (χ1) is 7.72. The van der Waals surface area contributed by atoms with Crippen LogP contribution in [0.15, 0.2) is 24.9 Å². The summed E-state index contributed by atoms with van der Waals surface area (Å²) < 4.78 is 0. The Bertz CT molecular complexity index is 374. The van der Waals surface area contributed by atoms with Gasteiger partial charge in [0.25, 0.3) is 0 Å². The van der Waals surface area contributed by atoms with Gasteiger partial charge in [-0.1, -0.05) is 13.0 Å². The fraction of sp³-hybridized carbons (Fsp3) is 0.385. The Kier molecular flexibility index (Phi) is 4.70. The van der Waals surface area contributed by atoms with Crippen LogP contribution in [0.3, 0.4) is 0 Å². The normalized spacial score (nSPS) is 9.88. The molecular weight excluding hydrogens is 200 g/mol. The molecule has 0 N–H and O–H groups in total. The number of anilines is 1. The summed E-state index contributed by atoms with van der Waals surface area (Å²) >= 11 is 0. The molecule has 3 heteroatoms. The minimum absolute atomic E-state index is 0.622. The maximum absolute atomic E-state index is 10.6. The summed E-state index contributed by atoms with van der Waals surface area (Å²) in [6.07, 6.45) is 5.36. The molecule has 0 radical (unpaired) electrons. The van der Waals surface area contributed by atoms with Gasteiger partial charge < -0.3 is 4.90 Å². The summed E-state index contributed by atoms with van der Waals surface area (Å²) in [5, 5.41) is 0. The minimum Gasteiger partial charge on any atom is -0.353 e. The fourth-order valence-electron chi connectivity index (χ4n) is 1.69. The van der Waals surface area contributed by atoms with Crippen molar-refractivity contribution < 1.29 is 4.79 Å². The molecular formula is C13H18N2O. The largest absolute Gasteiger partial charge is 0.353 e. The quantitative estimate of drug-likeness (QED) is 0.543. The minimum atomic E-state index is 0.622. The zero-order chi connectivity index (χ0) is 12.0. The Morgan fingerprint density at radius 2 is 2.31 bits per heavy atom. The van der Waals surface area contributed by atoms with Crippen LogP contribution < -0.4 is 4.90 Å². The predicted molar refractivity (Wildman–Crippen MR) is 67.1 cm³/mol. The van der Waals surface area contributed by atoms with E-state index in [9.17, 15) is 4.79 Å². The molecule has 86 valence electrons. The molecule has 0 amide bonds. The van der Waals surface area contributed by atoms with E-state index in [4.69, 9.17) is 0 Å². The number of pyridine rings is 1. The Morgan fingerprint density at radius 1 is 1.56 bits per heavy atom. The molecule has 16 heavy (non-hydrogen) atoms. The third-order valence-electron chi connectivity index (χ3n) is 2.35. The van der Waals surface area contributed by atoms with E-state index in [-0.39, 0.29) is 0 Å². The third-order valence-corrected chi connectivity index (χ3v) is 2.35. The second-order valence-electron chi connectivity index (χ2n) is 3.76. The zero-order valence-corrected chi connectivity index (χ0v) is 9.94. The molecule has 0 aromatic carbocycles. The van der Waals surface area contributed by atoms with Gasteiger partial charge in [0.05, 0.1) is 0 Å². The van der Waals surface area contributed by atoms with Crippen molar-refractivity contribution in [2.75, 3.05) is 18.0 Å². The molecule has 0 aliphatic heterocycles. The van der Waals surface area contributed by atoms with Crippen molar-refractivity contribution in [3.8, 4) is 0 Å². The number of hydrogen-bond acceptors (Lipinski definition) is 3. The molecule has 0 bridgehead atoms. The molecule has 0 fully saturated rings. The summed E-state index contributed by atoms with van der Waals surface area (Å²) in [7, 11) is 0. The highest BCUT2D eigenvalue weighted by atomic mass is 16.1. The van der Waals surface area contributed by atoms with Crippen LogP contribution in [0.4, 0.5) is 5.82 Å². The molecule has 1 aromatic rings. The molecule has 1 rings (SSSR count). The molecule has 1 heterocycles. The maximum Gasteiger partial charge on any atom is 0.151 e. The predicted octanol–water partition coefficient (Wildman–Crippen LogP) is 2.60. The summed E-state index contributed by atoms with van der Waals surface area (Å²) in [5.74, 6) is 0.937. The van der Waals surface area contributed by atoms with E-state index >= 15 is 0 Å². The number of rotatable bonds is 6. The molecule has 0 spiro atoms. The zero-order valence-electron chi connectivity index (χ0n) is 9.94. The van der Waals surface area contributed by atoms with Crippen molar-refractivity contribution in [2.24, 2.45) is 0 Å². The monoisotopic (exact) mass is 218 g/mol. The number of aromatic nitrogens is 1. The third kappa shape index (κ3) is 2.92. The second-order valence-corrected chi connectivity index (χ2v) is 3.76. The Labute approximate surface area is 96.8 Å². The summed E-state index contributed by atoms with van der Waals surface area (Å²) in [4.78, 5) is 17.1. The number of carbonyl (C=O) groups excluding carboxylic acids is 1. The van der Waals surface area contributed by atoms with Crippen LogP contribution in [0, 0.1) is 6.92 Å². The topological polar surface area (TPSA) is 33.2 Å². The standard InChI is InChI=1S/C13H18N2O/c1-4-6-15(7-5-2)13-11(3)8-12(10-16)9-14-13/h4,8-10H,1,5-7H2,2-3H3. The number of hydrogen-bond donors (Lipinski definition) is 0. The van der Waals surface area contributed by atoms with E-state index in [1.807, 2.05) is 19.1 Å². The lowest BCUT2D eigenvalue weighted by atomic mass is 10.2. The van der Waals surface area contributed by atoms with Crippen molar-refractivity contribution >= 4 is 12.1 Å². The smallest absolute Gasteiger partial charge is 0.151 e. The van der Waals surface area contributed by atoms with Crippen LogP contribution in [0.1, 0.15) is 29.3 Å². The van der Waals surface area contributed by atoms with Crippen LogP contribution in [-0.2, 0) is 0 Å². The Morgan fingerprint density at radius 3 is 2.81 bits per heavy atom. The van der Waals surface area contributed by atoms with Crippen LogP contribution in [-0.4, -0.2) is 24.4 Å². The lowest BCUT2D eigenvalue weighted by Crippen LogP contribution is -2.25. The lowest BCUT2D eigenvalue weighted by Gasteiger charge is -2.23. The summed E-state index contributed by atoms with van der Waals surface area (Å²) in [6.45, 7) is 9.57. The highest BCUT2D eigenvalue weighted by Gasteiger charge is 2.08. The second kappa shape index (κ2) is 6.05. The van der Waals surface area contributed by atoms with Crippen molar-refractivity contribution in [3.05, 3.63) is 36.0 Å². The maximum atomic E-state index is 10.6. The Balaban J connectivity index is 2.99. The average molecular weight is 218 g/mol. The van der Waals surface area contributed by atoms with Crippen LogP contribution in [0.25, 0.3) is 0 Å². The lowest BCUT2D eigenvalue weighted by molar-refractivity contribution is 0.112. The van der Waals surface area contributed by atoms with E-state index in [2.05, 4.69) is 23.4 Å². The first kappa shape index (κ1) is 12.4. The SMILES string of the molecule is C=CCN(CCC)c1ncc(C=O)cc1C. The summed E-state index contributed by atoms with van der Waals surface area (Å²) in [6, 6.07) is 1.86. The molecule has 0 unspecified atom stereocenters. The van der Waals surface area contributed by atoms with Crippen molar-refractivity contribution in [1.29, 1.82) is 0 Å². The van der Waals surface area contributed by atoms with Gasteiger partial charge in [-0.25, -0.2) is 4.98 Å². The van der Waals surface area contributed by atoms with Gasteiger partial charge in [0.15, 0.2) is 6.29 Å². The van der Waals surface area contributed by atoms with Crippen molar-refractivity contribution in [3.63, 3.8) is 0 Å². The average Bonchev–Trinajstić information content (AvgIpc) is 2.29. The van der Waals surface area contributed by atoms with Gasteiger partial charge in [-0.3, -0.25) is 4.79 Å². The molecule has 0 saturated carbocycles. The van der Waals surface area contributed by atoms with Crippen LogP contribution in [0.2, 0.25) is 0 Å². The number of aryl methyl sites for hydroxylation is 1. The van der Waals surface area contributed by atoms with E-state index in [1.54, 1.807) is 6.20 Å². The molecule has 0 saturated heterocycles. The van der Waals surface area contributed by atoms with E-state index in [0.29, 0.717) is 5.56 Å². The van der Waals surface area contributed by atoms with Crippen molar-refractivity contribution in [1.82, 2.24) is 4.98 Å². The van der Waals surface area contributed by atoms with Gasteiger partial charge in [0, 0.05) is 24.8 Å².